The number of carbonyl (C=O) groups is 1. The normalized spacial score (nSPS) is 24.8. The highest BCUT2D eigenvalue weighted by atomic mass is 79.9. The minimum absolute atomic E-state index is 0.165. The lowest BCUT2D eigenvalue weighted by Gasteiger charge is -2.32. The van der Waals surface area contributed by atoms with Crippen molar-refractivity contribution in [2.75, 3.05) is 19.0 Å². The van der Waals surface area contributed by atoms with Crippen LogP contribution in [0.15, 0.2) is 83.3 Å². The lowest BCUT2D eigenvalue weighted by Crippen LogP contribution is -2.55. The molecule has 4 aromatic carbocycles. The third-order valence-electron chi connectivity index (χ3n) is 8.98. The number of hydrogen-bond acceptors (Lipinski definition) is 6. The van der Waals surface area contributed by atoms with E-state index in [0.717, 1.165) is 34.7 Å². The number of halogens is 1. The molecule has 0 unspecified atom stereocenters. The molecule has 3 aliphatic heterocycles. The first-order valence-corrected chi connectivity index (χ1v) is 14.5. The smallest absolute Gasteiger partial charge is 0.256 e. The maximum Gasteiger partial charge on any atom is 0.256 e. The van der Waals surface area contributed by atoms with Gasteiger partial charge in [-0.1, -0.05) is 60.7 Å². The average Bonchev–Trinajstić information content (AvgIpc) is 3.65. The van der Waals surface area contributed by atoms with Crippen molar-refractivity contribution in [3.05, 3.63) is 110 Å². The molecule has 9 heteroatoms. The van der Waals surface area contributed by atoms with Gasteiger partial charge in [-0.15, -0.1) is 0 Å². The summed E-state index contributed by atoms with van der Waals surface area (Å²) in [5.41, 5.74) is 1.75. The Hall–Kier alpha value is -3.95. The van der Waals surface area contributed by atoms with E-state index in [-0.39, 0.29) is 16.9 Å². The van der Waals surface area contributed by atoms with Gasteiger partial charge in [0, 0.05) is 28.8 Å². The van der Waals surface area contributed by atoms with Gasteiger partial charge in [0.25, 0.3) is 11.9 Å². The molecule has 7 rings (SSSR count). The van der Waals surface area contributed by atoms with Crippen molar-refractivity contribution in [3.8, 4) is 11.5 Å². The predicted molar refractivity (Wildman–Crippen MR) is 159 cm³/mol. The van der Waals surface area contributed by atoms with Gasteiger partial charge < -0.3 is 14.8 Å². The highest BCUT2D eigenvalue weighted by molar-refractivity contribution is 9.10. The number of para-hydroxylation sites is 1. The van der Waals surface area contributed by atoms with Crippen LogP contribution >= 0.6 is 15.9 Å². The summed E-state index contributed by atoms with van der Waals surface area (Å²) in [6.07, 6.45) is 1.64. The van der Waals surface area contributed by atoms with Crippen molar-refractivity contribution >= 4 is 38.3 Å². The molecule has 4 atom stereocenters. The molecule has 2 saturated heterocycles. The molecule has 1 N–H and O–H groups in total. The van der Waals surface area contributed by atoms with E-state index in [0.29, 0.717) is 40.4 Å². The molecule has 2 fully saturated rings. The molecule has 1 spiro atoms. The highest BCUT2D eigenvalue weighted by Crippen LogP contribution is 2.58. The molecule has 4 aromatic rings. The Morgan fingerprint density at radius 3 is 2.71 bits per heavy atom. The molecule has 41 heavy (non-hydrogen) atoms. The molecule has 3 aliphatic rings. The van der Waals surface area contributed by atoms with Crippen molar-refractivity contribution in [3.63, 3.8) is 0 Å². The number of ether oxygens (including phenoxy) is 2. The van der Waals surface area contributed by atoms with Gasteiger partial charge >= 0.3 is 0 Å². The largest absolute Gasteiger partial charge is 0.493 e. The van der Waals surface area contributed by atoms with Gasteiger partial charge in [-0.2, -0.15) is 0 Å². The molecule has 0 aromatic heterocycles. The maximum atomic E-state index is 13.7. The van der Waals surface area contributed by atoms with Gasteiger partial charge in [0.2, 0.25) is 0 Å². The minimum atomic E-state index is -1.37. The number of nitro groups is 1. The average molecular weight is 614 g/mol. The fourth-order valence-electron chi connectivity index (χ4n) is 7.42. The number of rotatable bonds is 6. The first-order valence-electron chi connectivity index (χ1n) is 13.7. The van der Waals surface area contributed by atoms with Crippen LogP contribution in [0.25, 0.3) is 10.8 Å². The van der Waals surface area contributed by atoms with E-state index in [1.54, 1.807) is 7.11 Å². The molecule has 0 bridgehead atoms. The van der Waals surface area contributed by atoms with Crippen molar-refractivity contribution in [2.24, 2.45) is 0 Å². The summed E-state index contributed by atoms with van der Waals surface area (Å²) in [6, 6.07) is 24.0. The minimum Gasteiger partial charge on any atom is -0.493 e. The van der Waals surface area contributed by atoms with Crippen LogP contribution in [-0.2, 0) is 16.9 Å². The van der Waals surface area contributed by atoms with Crippen LogP contribution < -0.4 is 14.8 Å². The van der Waals surface area contributed by atoms with E-state index in [2.05, 4.69) is 44.3 Å². The Bertz CT molecular complexity index is 1710. The molecule has 0 radical (unpaired) electrons. The Morgan fingerprint density at radius 2 is 1.88 bits per heavy atom. The molecule has 8 nitrogen and oxygen atoms in total. The summed E-state index contributed by atoms with van der Waals surface area (Å²) in [7, 11) is 1.57. The lowest BCUT2D eigenvalue weighted by molar-refractivity contribution is -0.534. The van der Waals surface area contributed by atoms with Gasteiger partial charge in [-0.05, 0) is 68.9 Å². The standard InChI is InChI=1S/C32H28BrN3O5/c1-40-27-17-21(16-24(33)29(27)41-18-20-10-6-9-19-8-2-3-11-22(19)20)28-26-14-7-15-35(26)32(30(28)36(38)39)23-12-4-5-13-25(23)34-31(32)37/h2-6,8-13,16-17,26,28,30H,7,14-15,18H2,1H3,(H,34,37)/t26-,28+,30+,32-/m0/s1. The van der Waals surface area contributed by atoms with Crippen molar-refractivity contribution < 1.29 is 19.2 Å². The molecular formula is C32H28BrN3O5. The van der Waals surface area contributed by atoms with Crippen LogP contribution in [0, 0.1) is 10.1 Å². The number of hydrogen-bond donors (Lipinski definition) is 1. The van der Waals surface area contributed by atoms with Crippen LogP contribution in [0.2, 0.25) is 0 Å². The number of anilines is 1. The van der Waals surface area contributed by atoms with Gasteiger partial charge in [-0.25, -0.2) is 0 Å². The number of methoxy groups -OCH3 is 1. The quantitative estimate of drug-likeness (QED) is 0.204. The summed E-state index contributed by atoms with van der Waals surface area (Å²) in [4.78, 5) is 28.5. The number of carbonyl (C=O) groups excluding carboxylic acids is 1. The number of benzene rings is 4. The molecule has 208 valence electrons. The number of nitrogens with one attached hydrogen (secondary N) is 1. The predicted octanol–water partition coefficient (Wildman–Crippen LogP) is 6.24. The van der Waals surface area contributed by atoms with Crippen molar-refractivity contribution in [2.45, 2.75) is 43.0 Å². The topological polar surface area (TPSA) is 93.9 Å². The zero-order chi connectivity index (χ0) is 28.3. The maximum absolute atomic E-state index is 13.7. The van der Waals surface area contributed by atoms with Crippen LogP contribution in [0.5, 0.6) is 11.5 Å². The van der Waals surface area contributed by atoms with E-state index in [4.69, 9.17) is 9.47 Å². The van der Waals surface area contributed by atoms with Crippen LogP contribution in [-0.4, -0.2) is 41.5 Å². The second kappa shape index (κ2) is 9.85. The first kappa shape index (κ1) is 26.0. The van der Waals surface area contributed by atoms with Gasteiger partial charge in [0.05, 0.1) is 17.5 Å². The molecule has 1 amide bonds. The monoisotopic (exact) mass is 613 g/mol. The second-order valence-corrected chi connectivity index (χ2v) is 11.7. The van der Waals surface area contributed by atoms with E-state index >= 15 is 0 Å². The zero-order valence-electron chi connectivity index (χ0n) is 22.4. The molecule has 0 saturated carbocycles. The molecule has 3 heterocycles. The summed E-state index contributed by atoms with van der Waals surface area (Å²) in [5.74, 6) is 0.165. The number of nitrogens with zero attached hydrogens (tertiary/aromatic N) is 2. The number of fused-ring (bicyclic) bond motifs is 5. The van der Waals surface area contributed by atoms with Crippen molar-refractivity contribution in [1.82, 2.24) is 4.90 Å². The van der Waals surface area contributed by atoms with E-state index in [1.807, 2.05) is 60.7 Å². The Kier molecular flexibility index (Phi) is 6.24. The van der Waals surface area contributed by atoms with Gasteiger partial charge in [-0.3, -0.25) is 19.8 Å². The second-order valence-electron chi connectivity index (χ2n) is 10.9. The third kappa shape index (κ3) is 3.79. The summed E-state index contributed by atoms with van der Waals surface area (Å²) in [5, 5.41) is 18.1. The number of amides is 1. The van der Waals surface area contributed by atoms with Crippen LogP contribution in [0.3, 0.4) is 0 Å². The van der Waals surface area contributed by atoms with E-state index in [1.165, 1.54) is 0 Å². The molecule has 0 aliphatic carbocycles. The van der Waals surface area contributed by atoms with E-state index < -0.39 is 17.5 Å². The summed E-state index contributed by atoms with van der Waals surface area (Å²) in [6.45, 7) is 0.949. The summed E-state index contributed by atoms with van der Waals surface area (Å²) >= 11 is 3.68. The fourth-order valence-corrected chi connectivity index (χ4v) is 7.99. The third-order valence-corrected chi connectivity index (χ3v) is 9.57. The van der Waals surface area contributed by atoms with Gasteiger partial charge in [0.15, 0.2) is 17.0 Å². The summed E-state index contributed by atoms with van der Waals surface area (Å²) < 4.78 is 12.7. The highest BCUT2D eigenvalue weighted by Gasteiger charge is 2.73. The Balaban J connectivity index is 1.29. The van der Waals surface area contributed by atoms with E-state index in [9.17, 15) is 14.9 Å². The van der Waals surface area contributed by atoms with Crippen molar-refractivity contribution in [1.29, 1.82) is 0 Å². The first-order chi connectivity index (χ1) is 19.9. The Morgan fingerprint density at radius 1 is 1.10 bits per heavy atom. The fraction of sp³-hybridized carbons (Fsp3) is 0.281. The Labute approximate surface area is 245 Å². The molecular weight excluding hydrogens is 586 g/mol. The van der Waals surface area contributed by atoms with Crippen LogP contribution in [0.4, 0.5) is 5.69 Å². The van der Waals surface area contributed by atoms with Gasteiger partial charge in [0.1, 0.15) is 6.61 Å². The zero-order valence-corrected chi connectivity index (χ0v) is 24.0. The lowest BCUT2D eigenvalue weighted by atomic mass is 9.77. The SMILES string of the molecule is COc1cc([C@@H]2[C@@H]3CCCN3[C@]3(C(=O)Nc4ccccc43)[C@@H]2[N+](=O)[O-])cc(Br)c1OCc1cccc2ccccc12. The van der Waals surface area contributed by atoms with Crippen LogP contribution in [0.1, 0.15) is 35.4 Å².